The number of primary amides is 1. The number of aryl methyl sites for hydroxylation is 1. The van der Waals surface area contributed by atoms with Gasteiger partial charge in [-0.25, -0.2) is 4.98 Å². The van der Waals surface area contributed by atoms with Crippen LogP contribution in [0.1, 0.15) is 54.7 Å². The van der Waals surface area contributed by atoms with Crippen molar-refractivity contribution in [2.45, 2.75) is 45.1 Å². The van der Waals surface area contributed by atoms with Crippen LogP contribution in [0.5, 0.6) is 5.75 Å². The number of nitrogens with two attached hydrogens (primary N) is 1. The predicted octanol–water partition coefficient (Wildman–Crippen LogP) is 2.57. The Morgan fingerprint density at radius 2 is 2.21 bits per heavy atom. The molecule has 2 heterocycles. The largest absolute Gasteiger partial charge is 0.484 e. The number of unbranched alkanes of at least 4 members (excludes halogenated alkanes) is 1. The van der Waals surface area contributed by atoms with Gasteiger partial charge < -0.3 is 19.9 Å². The van der Waals surface area contributed by atoms with E-state index >= 15 is 0 Å². The molecule has 2 aromatic rings. The highest BCUT2D eigenvalue weighted by Crippen LogP contribution is 2.27. The van der Waals surface area contributed by atoms with Crippen molar-refractivity contribution in [3.05, 3.63) is 48.0 Å². The van der Waals surface area contributed by atoms with E-state index < -0.39 is 5.91 Å². The summed E-state index contributed by atoms with van der Waals surface area (Å²) in [6.07, 6.45) is 8.14. The molecule has 0 radical (unpaired) electrons. The maximum absolute atomic E-state index is 13.0. The molecule has 1 fully saturated rings. The van der Waals surface area contributed by atoms with Crippen molar-refractivity contribution in [3.8, 4) is 5.75 Å². The third kappa shape index (κ3) is 4.91. The third-order valence-electron chi connectivity index (χ3n) is 5.04. The molecule has 1 aromatic carbocycles. The van der Waals surface area contributed by atoms with E-state index in [2.05, 4.69) is 16.5 Å². The number of rotatable bonds is 8. The lowest BCUT2D eigenvalue weighted by atomic mass is 9.96. The van der Waals surface area contributed by atoms with Crippen LogP contribution in [0.15, 0.2) is 36.7 Å². The van der Waals surface area contributed by atoms with E-state index in [-0.39, 0.29) is 18.4 Å². The van der Waals surface area contributed by atoms with Gasteiger partial charge in [-0.3, -0.25) is 9.59 Å². The summed E-state index contributed by atoms with van der Waals surface area (Å²) < 4.78 is 7.54. The summed E-state index contributed by atoms with van der Waals surface area (Å²) in [5.41, 5.74) is 5.66. The number of amides is 2. The number of hydrogen-bond donors (Lipinski definition) is 1. The lowest BCUT2D eigenvalue weighted by Gasteiger charge is -2.33. The van der Waals surface area contributed by atoms with Crippen molar-refractivity contribution in [1.82, 2.24) is 14.5 Å². The fraction of sp³-hybridized carbons (Fsp3) is 0.476. The molecule has 7 heteroatoms. The summed E-state index contributed by atoms with van der Waals surface area (Å²) in [4.78, 5) is 30.4. The molecule has 150 valence electrons. The number of aromatic nitrogens is 2. The molecule has 0 unspecified atom stereocenters. The average Bonchev–Trinajstić information content (AvgIpc) is 3.19. The Morgan fingerprint density at radius 1 is 1.36 bits per heavy atom. The molecule has 2 N–H and O–H groups in total. The normalized spacial score (nSPS) is 16.8. The number of imidazole rings is 1. The first-order chi connectivity index (χ1) is 13.6. The van der Waals surface area contributed by atoms with Crippen LogP contribution < -0.4 is 10.5 Å². The second kappa shape index (κ2) is 9.39. The van der Waals surface area contributed by atoms with Gasteiger partial charge in [-0.15, -0.1) is 0 Å². The minimum atomic E-state index is -0.547. The van der Waals surface area contributed by atoms with Gasteiger partial charge in [-0.2, -0.15) is 0 Å². The Morgan fingerprint density at radius 3 is 3.00 bits per heavy atom. The van der Waals surface area contributed by atoms with Gasteiger partial charge in [0, 0.05) is 43.5 Å². The first kappa shape index (κ1) is 19.9. The van der Waals surface area contributed by atoms with Crippen LogP contribution in [-0.4, -0.2) is 46.0 Å². The van der Waals surface area contributed by atoms with Crippen LogP contribution in [0.3, 0.4) is 0 Å². The zero-order valence-electron chi connectivity index (χ0n) is 16.3. The van der Waals surface area contributed by atoms with E-state index in [0.717, 1.165) is 44.6 Å². The number of benzene rings is 1. The minimum absolute atomic E-state index is 0.0270. The zero-order valence-corrected chi connectivity index (χ0v) is 16.3. The van der Waals surface area contributed by atoms with Crippen LogP contribution in [0.2, 0.25) is 0 Å². The summed E-state index contributed by atoms with van der Waals surface area (Å²) >= 11 is 0. The topological polar surface area (TPSA) is 90.4 Å². The number of carbonyl (C=O) groups is 2. The quantitative estimate of drug-likeness (QED) is 0.757. The first-order valence-corrected chi connectivity index (χ1v) is 9.90. The molecule has 0 bridgehead atoms. The molecule has 28 heavy (non-hydrogen) atoms. The maximum atomic E-state index is 13.0. The highest BCUT2D eigenvalue weighted by Gasteiger charge is 2.28. The lowest BCUT2D eigenvalue weighted by Crippen LogP contribution is -2.39. The smallest absolute Gasteiger partial charge is 0.255 e. The molecule has 0 saturated carbocycles. The molecule has 3 rings (SSSR count). The SMILES string of the molecule is CCCCn1ccnc1[C@@H]1CCCN(C(=O)c2cccc(OCC(N)=O)c2)C1. The number of piperidine rings is 1. The van der Waals surface area contributed by atoms with Gasteiger partial charge in [0.1, 0.15) is 11.6 Å². The number of hydrogen-bond acceptors (Lipinski definition) is 4. The molecule has 1 aliphatic heterocycles. The number of nitrogens with zero attached hydrogens (tertiary/aromatic N) is 3. The Hall–Kier alpha value is -2.83. The molecule has 0 spiro atoms. The number of ether oxygens (including phenoxy) is 1. The van der Waals surface area contributed by atoms with E-state index in [1.165, 1.54) is 0 Å². The van der Waals surface area contributed by atoms with Gasteiger partial charge in [0.05, 0.1) is 0 Å². The molecule has 1 saturated heterocycles. The van der Waals surface area contributed by atoms with E-state index in [0.29, 0.717) is 17.9 Å². The van der Waals surface area contributed by atoms with Crippen LogP contribution in [0.4, 0.5) is 0 Å². The number of carbonyl (C=O) groups excluding carboxylic acids is 2. The summed E-state index contributed by atoms with van der Waals surface area (Å²) in [6.45, 7) is 4.34. The van der Waals surface area contributed by atoms with Gasteiger partial charge in [-0.05, 0) is 37.5 Å². The summed E-state index contributed by atoms with van der Waals surface area (Å²) in [5.74, 6) is 1.21. The predicted molar refractivity (Wildman–Crippen MR) is 106 cm³/mol. The van der Waals surface area contributed by atoms with Crippen LogP contribution in [-0.2, 0) is 11.3 Å². The van der Waals surface area contributed by atoms with E-state index in [4.69, 9.17) is 10.5 Å². The Balaban J connectivity index is 1.69. The van der Waals surface area contributed by atoms with Crippen molar-refractivity contribution < 1.29 is 14.3 Å². The van der Waals surface area contributed by atoms with Crippen LogP contribution in [0.25, 0.3) is 0 Å². The second-order valence-corrected chi connectivity index (χ2v) is 7.21. The Labute approximate surface area is 165 Å². The standard InChI is InChI=1S/C21H28N4O3/c1-2-3-10-24-12-9-23-20(24)17-7-5-11-25(14-17)21(27)16-6-4-8-18(13-16)28-15-19(22)26/h4,6,8-9,12-13,17H,2-3,5,7,10-11,14-15H2,1H3,(H2,22,26)/t17-/m1/s1. The van der Waals surface area contributed by atoms with E-state index in [9.17, 15) is 9.59 Å². The van der Waals surface area contributed by atoms with Crippen molar-refractivity contribution in [1.29, 1.82) is 0 Å². The van der Waals surface area contributed by atoms with Gasteiger partial charge in [0.25, 0.3) is 11.8 Å². The summed E-state index contributed by atoms with van der Waals surface area (Å²) in [6, 6.07) is 6.90. The van der Waals surface area contributed by atoms with Crippen LogP contribution >= 0.6 is 0 Å². The lowest BCUT2D eigenvalue weighted by molar-refractivity contribution is -0.119. The van der Waals surface area contributed by atoms with Crippen molar-refractivity contribution in [2.75, 3.05) is 19.7 Å². The van der Waals surface area contributed by atoms with Crippen molar-refractivity contribution >= 4 is 11.8 Å². The fourth-order valence-electron chi connectivity index (χ4n) is 3.63. The third-order valence-corrected chi connectivity index (χ3v) is 5.04. The van der Waals surface area contributed by atoms with Crippen molar-refractivity contribution in [3.63, 3.8) is 0 Å². The molecular weight excluding hydrogens is 356 g/mol. The van der Waals surface area contributed by atoms with Crippen LogP contribution in [0, 0.1) is 0 Å². The zero-order chi connectivity index (χ0) is 19.9. The van der Waals surface area contributed by atoms with E-state index in [1.807, 2.05) is 17.3 Å². The summed E-state index contributed by atoms with van der Waals surface area (Å²) in [5, 5.41) is 0. The highest BCUT2D eigenvalue weighted by atomic mass is 16.5. The molecule has 1 aromatic heterocycles. The van der Waals surface area contributed by atoms with Gasteiger partial charge in [-0.1, -0.05) is 19.4 Å². The maximum Gasteiger partial charge on any atom is 0.255 e. The van der Waals surface area contributed by atoms with Gasteiger partial charge in [0.15, 0.2) is 6.61 Å². The fourth-order valence-corrected chi connectivity index (χ4v) is 3.63. The van der Waals surface area contributed by atoms with Crippen molar-refractivity contribution in [2.24, 2.45) is 5.73 Å². The Kier molecular flexibility index (Phi) is 6.68. The molecular formula is C21H28N4O3. The summed E-state index contributed by atoms with van der Waals surface area (Å²) in [7, 11) is 0. The molecule has 1 atom stereocenters. The van der Waals surface area contributed by atoms with E-state index in [1.54, 1.807) is 24.3 Å². The molecule has 2 amide bonds. The average molecular weight is 384 g/mol. The highest BCUT2D eigenvalue weighted by molar-refractivity contribution is 5.94. The molecule has 7 nitrogen and oxygen atoms in total. The van der Waals surface area contributed by atoms with Gasteiger partial charge >= 0.3 is 0 Å². The van der Waals surface area contributed by atoms with Gasteiger partial charge in [0.2, 0.25) is 0 Å². The Bertz CT molecular complexity index is 817. The first-order valence-electron chi connectivity index (χ1n) is 9.90. The number of likely N-dealkylation sites (tertiary alicyclic amines) is 1. The molecule has 0 aliphatic carbocycles. The monoisotopic (exact) mass is 384 g/mol. The second-order valence-electron chi connectivity index (χ2n) is 7.21. The minimum Gasteiger partial charge on any atom is -0.484 e. The molecule has 1 aliphatic rings.